The van der Waals surface area contributed by atoms with Crippen molar-refractivity contribution in [3.63, 3.8) is 0 Å². The van der Waals surface area contributed by atoms with Gasteiger partial charge in [0, 0.05) is 11.3 Å². The molecule has 0 aromatic rings. The normalized spacial score (nSPS) is 15.8. The maximum atomic E-state index is 5.59. The Morgan fingerprint density at radius 2 is 2.00 bits per heavy atom. The topological polar surface area (TPSA) is 18.5 Å². The molecule has 1 saturated carbocycles. The van der Waals surface area contributed by atoms with Gasteiger partial charge in [0.2, 0.25) is 4.38 Å². The zero-order chi connectivity index (χ0) is 11.8. The van der Waals surface area contributed by atoms with Gasteiger partial charge in [0.25, 0.3) is 5.95 Å². The number of rotatable bonds is 4. The predicted octanol–water partition coefficient (Wildman–Crippen LogP) is 4.25. The van der Waals surface area contributed by atoms with E-state index in [9.17, 15) is 0 Å². The molecule has 1 rings (SSSR count). The molecular formula is C12H20O2S2. The lowest BCUT2D eigenvalue weighted by Crippen LogP contribution is -2.06. The van der Waals surface area contributed by atoms with E-state index < -0.39 is 0 Å². The van der Waals surface area contributed by atoms with Gasteiger partial charge in [0.05, 0.1) is 7.11 Å². The van der Waals surface area contributed by atoms with Gasteiger partial charge in [0.15, 0.2) is 0 Å². The standard InChI is InChI=1S/C12H20O2S2/c1-3-9-16-12(15)14-11(13-2)10-7-5-4-6-8-10/h3-9H2,1-2H3. The molecule has 1 fully saturated rings. The first kappa shape index (κ1) is 13.8. The van der Waals surface area contributed by atoms with Crippen LogP contribution in [0.4, 0.5) is 0 Å². The Balaban J connectivity index is 2.49. The Labute approximate surface area is 108 Å². The minimum atomic E-state index is 0.580. The lowest BCUT2D eigenvalue weighted by molar-refractivity contribution is 0.140. The minimum absolute atomic E-state index is 0.580. The van der Waals surface area contributed by atoms with E-state index in [-0.39, 0.29) is 0 Å². The van der Waals surface area contributed by atoms with Gasteiger partial charge < -0.3 is 9.47 Å². The highest BCUT2D eigenvalue weighted by atomic mass is 32.2. The summed E-state index contributed by atoms with van der Waals surface area (Å²) in [6.45, 7) is 2.13. The van der Waals surface area contributed by atoms with Crippen LogP contribution in [-0.2, 0) is 9.47 Å². The molecule has 0 bridgehead atoms. The van der Waals surface area contributed by atoms with Crippen molar-refractivity contribution in [3.05, 3.63) is 11.5 Å². The molecule has 0 aromatic carbocycles. The Bertz CT molecular complexity index is 254. The number of ether oxygens (including phenoxy) is 2. The number of hydrogen-bond acceptors (Lipinski definition) is 4. The molecule has 1 aliphatic carbocycles. The largest absolute Gasteiger partial charge is 0.468 e. The van der Waals surface area contributed by atoms with Gasteiger partial charge in [0.1, 0.15) is 0 Å². The van der Waals surface area contributed by atoms with Gasteiger partial charge in [-0.15, -0.1) is 0 Å². The fourth-order valence-electron chi connectivity index (χ4n) is 1.73. The lowest BCUT2D eigenvalue weighted by atomic mass is 9.96. The summed E-state index contributed by atoms with van der Waals surface area (Å²) >= 11 is 6.74. The van der Waals surface area contributed by atoms with Crippen molar-refractivity contribution < 1.29 is 9.47 Å². The average molecular weight is 260 g/mol. The molecule has 0 aliphatic heterocycles. The average Bonchev–Trinajstić information content (AvgIpc) is 2.34. The van der Waals surface area contributed by atoms with E-state index in [4.69, 9.17) is 21.7 Å². The Kier molecular flexibility index (Phi) is 6.88. The van der Waals surface area contributed by atoms with Gasteiger partial charge in [-0.3, -0.25) is 0 Å². The van der Waals surface area contributed by atoms with Crippen LogP contribution in [0.2, 0.25) is 0 Å². The number of thiocarbonyl (C=S) groups is 1. The first-order valence-electron chi connectivity index (χ1n) is 5.88. The SMILES string of the molecule is CCCSC(=S)OC(OC)=C1CCCCC1. The molecule has 0 N–H and O–H groups in total. The summed E-state index contributed by atoms with van der Waals surface area (Å²) in [6.07, 6.45) is 7.07. The Morgan fingerprint density at radius 3 is 2.56 bits per heavy atom. The molecule has 1 aliphatic rings. The summed E-state index contributed by atoms with van der Waals surface area (Å²) in [5.74, 6) is 1.65. The minimum Gasteiger partial charge on any atom is -0.468 e. The maximum absolute atomic E-state index is 5.59. The van der Waals surface area contributed by atoms with Crippen molar-refractivity contribution in [2.75, 3.05) is 12.9 Å². The van der Waals surface area contributed by atoms with Gasteiger partial charge in [-0.25, -0.2) is 0 Å². The highest BCUT2D eigenvalue weighted by molar-refractivity contribution is 8.22. The van der Waals surface area contributed by atoms with Gasteiger partial charge >= 0.3 is 0 Å². The fourth-order valence-corrected chi connectivity index (χ4v) is 2.56. The van der Waals surface area contributed by atoms with E-state index in [2.05, 4.69) is 6.92 Å². The fraction of sp³-hybridized carbons (Fsp3) is 0.750. The second-order valence-corrected chi connectivity index (χ2v) is 5.55. The molecular weight excluding hydrogens is 240 g/mol. The third-order valence-corrected chi connectivity index (χ3v) is 3.90. The van der Waals surface area contributed by atoms with E-state index in [1.54, 1.807) is 18.9 Å². The van der Waals surface area contributed by atoms with Crippen molar-refractivity contribution >= 4 is 28.4 Å². The summed E-state index contributed by atoms with van der Waals surface area (Å²) in [5, 5.41) is 0. The van der Waals surface area contributed by atoms with E-state index in [1.165, 1.54) is 24.8 Å². The van der Waals surface area contributed by atoms with Crippen molar-refractivity contribution in [1.82, 2.24) is 0 Å². The molecule has 0 radical (unpaired) electrons. The highest BCUT2D eigenvalue weighted by Gasteiger charge is 2.14. The van der Waals surface area contributed by atoms with E-state index >= 15 is 0 Å². The molecule has 92 valence electrons. The molecule has 0 saturated heterocycles. The van der Waals surface area contributed by atoms with E-state index in [0.717, 1.165) is 25.0 Å². The third-order valence-electron chi connectivity index (χ3n) is 2.53. The van der Waals surface area contributed by atoms with Crippen LogP contribution in [0.5, 0.6) is 0 Å². The van der Waals surface area contributed by atoms with E-state index in [0.29, 0.717) is 10.3 Å². The first-order valence-corrected chi connectivity index (χ1v) is 7.28. The monoisotopic (exact) mass is 260 g/mol. The number of methoxy groups -OCH3 is 1. The van der Waals surface area contributed by atoms with Crippen LogP contribution >= 0.6 is 24.0 Å². The van der Waals surface area contributed by atoms with Gasteiger partial charge in [-0.05, 0) is 44.3 Å². The predicted molar refractivity (Wildman–Crippen MR) is 73.6 cm³/mol. The van der Waals surface area contributed by atoms with Crippen LogP contribution in [-0.4, -0.2) is 17.2 Å². The molecule has 4 heteroatoms. The van der Waals surface area contributed by atoms with Crippen LogP contribution in [0.15, 0.2) is 11.5 Å². The first-order chi connectivity index (χ1) is 7.77. The number of allylic oxidation sites excluding steroid dienone is 1. The molecule has 0 atom stereocenters. The van der Waals surface area contributed by atoms with Crippen LogP contribution in [0, 0.1) is 0 Å². The second kappa shape index (κ2) is 7.96. The molecule has 0 amide bonds. The summed E-state index contributed by atoms with van der Waals surface area (Å²) in [4.78, 5) is 0. The Hall–Kier alpha value is -0.220. The Morgan fingerprint density at radius 1 is 1.31 bits per heavy atom. The third kappa shape index (κ3) is 4.74. The zero-order valence-corrected chi connectivity index (χ0v) is 11.7. The molecule has 0 aromatic heterocycles. The molecule has 0 heterocycles. The molecule has 16 heavy (non-hydrogen) atoms. The maximum Gasteiger partial charge on any atom is 0.284 e. The summed E-state index contributed by atoms with van der Waals surface area (Å²) < 4.78 is 11.5. The smallest absolute Gasteiger partial charge is 0.284 e. The van der Waals surface area contributed by atoms with Crippen molar-refractivity contribution in [1.29, 1.82) is 0 Å². The van der Waals surface area contributed by atoms with Gasteiger partial charge in [-0.1, -0.05) is 25.1 Å². The summed E-state index contributed by atoms with van der Waals surface area (Å²) in [6, 6.07) is 0. The molecule has 2 nitrogen and oxygen atoms in total. The van der Waals surface area contributed by atoms with Crippen LogP contribution in [0.3, 0.4) is 0 Å². The van der Waals surface area contributed by atoms with Crippen LogP contribution in [0.1, 0.15) is 45.4 Å². The molecule has 0 unspecified atom stereocenters. The van der Waals surface area contributed by atoms with E-state index in [1.807, 2.05) is 0 Å². The highest BCUT2D eigenvalue weighted by Crippen LogP contribution is 2.27. The second-order valence-electron chi connectivity index (χ2n) is 3.86. The summed E-state index contributed by atoms with van der Waals surface area (Å²) in [7, 11) is 1.66. The number of thioether (sulfide) groups is 1. The van der Waals surface area contributed by atoms with Crippen molar-refractivity contribution in [2.45, 2.75) is 45.4 Å². The van der Waals surface area contributed by atoms with Crippen LogP contribution in [0.25, 0.3) is 0 Å². The van der Waals surface area contributed by atoms with Crippen molar-refractivity contribution in [3.8, 4) is 0 Å². The quantitative estimate of drug-likeness (QED) is 0.555. The van der Waals surface area contributed by atoms with Crippen molar-refractivity contribution in [2.24, 2.45) is 0 Å². The number of hydrogen-bond donors (Lipinski definition) is 0. The zero-order valence-electron chi connectivity index (χ0n) is 10.1. The van der Waals surface area contributed by atoms with Gasteiger partial charge in [-0.2, -0.15) is 0 Å². The molecule has 0 spiro atoms. The lowest BCUT2D eigenvalue weighted by Gasteiger charge is -2.18. The summed E-state index contributed by atoms with van der Waals surface area (Å²) in [5.41, 5.74) is 1.29. The van der Waals surface area contributed by atoms with Crippen LogP contribution < -0.4 is 0 Å².